The molecule has 5 fully saturated rings. The zero-order valence-corrected chi connectivity index (χ0v) is 17.2. The number of carbonyl (C=O) groups is 2. The van der Waals surface area contributed by atoms with Crippen LogP contribution in [0.1, 0.15) is 45.4 Å². The summed E-state index contributed by atoms with van der Waals surface area (Å²) in [5.41, 5.74) is -0.747. The average molecular weight is 408 g/mol. The largest absolute Gasteiger partial charge is 0.465 e. The number of piperidine rings is 2. The number of hydrogen-bond acceptors (Lipinski definition) is 7. The van der Waals surface area contributed by atoms with E-state index in [2.05, 4.69) is 15.1 Å². The predicted molar refractivity (Wildman–Crippen MR) is 105 cm³/mol. The molecule has 5 heterocycles. The normalized spacial score (nSPS) is 41.3. The van der Waals surface area contributed by atoms with E-state index in [1.807, 2.05) is 0 Å². The number of carbonyl (C=O) groups excluding carboxylic acids is 2. The first kappa shape index (κ1) is 20.5. The van der Waals surface area contributed by atoms with Gasteiger partial charge in [-0.05, 0) is 77.0 Å². The quantitative estimate of drug-likeness (QED) is 0.405. The topological polar surface area (TPSA) is 105 Å². The number of ether oxygens (including phenoxy) is 1. The molecule has 1 N–H and O–H groups in total. The van der Waals surface area contributed by atoms with E-state index in [-0.39, 0.29) is 35.3 Å². The molecular formula is C20H32N4O5. The molecule has 162 valence electrons. The van der Waals surface area contributed by atoms with E-state index in [9.17, 15) is 19.7 Å². The molecular weight excluding hydrogens is 376 g/mol. The van der Waals surface area contributed by atoms with Crippen molar-refractivity contribution in [2.75, 3.05) is 45.9 Å². The fraction of sp³-hybridized carbons (Fsp3) is 0.900. The van der Waals surface area contributed by atoms with Gasteiger partial charge in [0.25, 0.3) is 0 Å². The molecule has 5 aliphatic heterocycles. The Morgan fingerprint density at radius 1 is 1.17 bits per heavy atom. The summed E-state index contributed by atoms with van der Waals surface area (Å²) in [6.45, 7) is 6.86. The summed E-state index contributed by atoms with van der Waals surface area (Å²) in [7, 11) is 0. The average Bonchev–Trinajstić information content (AvgIpc) is 3.51. The minimum absolute atomic E-state index is 0.0417. The zero-order chi connectivity index (χ0) is 20.6. The predicted octanol–water partition coefficient (Wildman–Crippen LogP) is 0.651. The van der Waals surface area contributed by atoms with Crippen LogP contribution in [0.25, 0.3) is 0 Å². The molecule has 1 spiro atoms. The number of rotatable bonds is 5. The molecule has 9 nitrogen and oxygen atoms in total. The molecule has 0 aromatic rings. The number of esters is 1. The monoisotopic (exact) mass is 408 g/mol. The van der Waals surface area contributed by atoms with E-state index >= 15 is 0 Å². The first-order chi connectivity index (χ1) is 13.9. The van der Waals surface area contributed by atoms with Gasteiger partial charge in [-0.3, -0.25) is 29.5 Å². The van der Waals surface area contributed by atoms with E-state index in [1.165, 1.54) is 12.8 Å². The smallest absolute Gasteiger partial charge is 0.327 e. The Kier molecular flexibility index (Phi) is 5.54. The number of amides is 1. The van der Waals surface area contributed by atoms with Crippen molar-refractivity contribution in [1.82, 2.24) is 15.1 Å². The number of nitrogens with zero attached hydrogens (tertiary/aromatic N) is 3. The molecule has 0 radical (unpaired) electrons. The van der Waals surface area contributed by atoms with Crippen LogP contribution in [-0.2, 0) is 14.3 Å². The highest BCUT2D eigenvalue weighted by atomic mass is 16.6. The third-order valence-corrected chi connectivity index (χ3v) is 7.96. The van der Waals surface area contributed by atoms with Crippen LogP contribution < -0.4 is 5.32 Å². The summed E-state index contributed by atoms with van der Waals surface area (Å²) in [5.74, 6) is 0.950. The Morgan fingerprint density at radius 2 is 1.79 bits per heavy atom. The molecule has 4 bridgehead atoms. The second kappa shape index (κ2) is 7.83. The second-order valence-corrected chi connectivity index (χ2v) is 8.90. The summed E-state index contributed by atoms with van der Waals surface area (Å²) in [6.07, 6.45) is 5.73. The van der Waals surface area contributed by atoms with E-state index in [1.54, 1.807) is 6.92 Å². The highest BCUT2D eigenvalue weighted by Gasteiger charge is 2.60. The standard InChI is InChI=1S/C11H18N2O4.C9H14N2O/c1-2-17-10(14)11(5-8-13(15)16)9-3-6-12(11)7-4-9;12-8-9(3-4-10-8)7-1-5-11(9)6-2-7/h9H,2-8H2,1H3;7H,1-6H2,(H,10,12). The SMILES string of the molecule is CCOC(=O)C1(CC[N+](=O)[O-])C2CCN1CC2.O=C1NCCC12C1CCN2CC1. The van der Waals surface area contributed by atoms with Crippen molar-refractivity contribution in [1.29, 1.82) is 0 Å². The van der Waals surface area contributed by atoms with Crippen LogP contribution in [0.2, 0.25) is 0 Å². The van der Waals surface area contributed by atoms with E-state index in [0.29, 0.717) is 18.4 Å². The maximum Gasteiger partial charge on any atom is 0.327 e. The van der Waals surface area contributed by atoms with Crippen molar-refractivity contribution in [2.45, 2.75) is 56.5 Å². The Balaban J connectivity index is 0.000000149. The minimum atomic E-state index is -0.705. The molecule has 0 aromatic carbocycles. The first-order valence-corrected chi connectivity index (χ1v) is 11.0. The van der Waals surface area contributed by atoms with Gasteiger partial charge in [0.05, 0.1) is 6.61 Å². The van der Waals surface area contributed by atoms with Crippen molar-refractivity contribution in [2.24, 2.45) is 11.8 Å². The Bertz CT molecular complexity index is 644. The van der Waals surface area contributed by atoms with E-state index < -0.39 is 5.54 Å². The van der Waals surface area contributed by atoms with Crippen LogP contribution in [0, 0.1) is 22.0 Å². The van der Waals surface area contributed by atoms with Gasteiger partial charge in [0.1, 0.15) is 11.1 Å². The first-order valence-electron chi connectivity index (χ1n) is 11.0. The Hall–Kier alpha value is -1.74. The maximum absolute atomic E-state index is 12.2. The van der Waals surface area contributed by atoms with Crippen molar-refractivity contribution in [3.63, 3.8) is 0 Å². The van der Waals surface area contributed by atoms with E-state index in [4.69, 9.17) is 4.74 Å². The van der Waals surface area contributed by atoms with Crippen LogP contribution in [-0.4, -0.2) is 83.6 Å². The highest BCUT2D eigenvalue weighted by molar-refractivity contribution is 5.89. The van der Waals surface area contributed by atoms with Gasteiger partial charge in [-0.2, -0.15) is 0 Å². The lowest BCUT2D eigenvalue weighted by molar-refractivity contribution is -0.482. The van der Waals surface area contributed by atoms with Gasteiger partial charge in [-0.1, -0.05) is 0 Å². The van der Waals surface area contributed by atoms with Crippen LogP contribution in [0.4, 0.5) is 0 Å². The summed E-state index contributed by atoms with van der Waals surface area (Å²) < 4.78 is 5.14. The zero-order valence-electron chi connectivity index (χ0n) is 17.2. The molecule has 5 aliphatic rings. The van der Waals surface area contributed by atoms with Gasteiger partial charge in [0, 0.05) is 17.9 Å². The third-order valence-electron chi connectivity index (χ3n) is 7.96. The molecule has 0 aliphatic carbocycles. The molecule has 0 saturated carbocycles. The van der Waals surface area contributed by atoms with Crippen LogP contribution in [0.5, 0.6) is 0 Å². The number of nitrogens with one attached hydrogen (secondary N) is 1. The third kappa shape index (κ3) is 3.13. The van der Waals surface area contributed by atoms with Gasteiger partial charge < -0.3 is 10.1 Å². The molecule has 5 saturated heterocycles. The fourth-order valence-electron chi connectivity index (χ4n) is 6.63. The van der Waals surface area contributed by atoms with Gasteiger partial charge in [-0.15, -0.1) is 0 Å². The molecule has 5 rings (SSSR count). The number of nitro groups is 1. The van der Waals surface area contributed by atoms with Crippen LogP contribution in [0.3, 0.4) is 0 Å². The lowest BCUT2D eigenvalue weighted by Gasteiger charge is -2.32. The molecule has 29 heavy (non-hydrogen) atoms. The minimum Gasteiger partial charge on any atom is -0.465 e. The van der Waals surface area contributed by atoms with Crippen LogP contribution >= 0.6 is 0 Å². The molecule has 0 aromatic heterocycles. The van der Waals surface area contributed by atoms with Gasteiger partial charge in [0.2, 0.25) is 12.5 Å². The maximum atomic E-state index is 12.2. The number of hydrogen-bond donors (Lipinski definition) is 1. The van der Waals surface area contributed by atoms with Crippen molar-refractivity contribution < 1.29 is 19.2 Å². The summed E-state index contributed by atoms with van der Waals surface area (Å²) >= 11 is 0. The molecule has 9 heteroatoms. The lowest BCUT2D eigenvalue weighted by atomic mass is 9.83. The summed E-state index contributed by atoms with van der Waals surface area (Å²) in [6, 6.07) is 0. The van der Waals surface area contributed by atoms with Crippen molar-refractivity contribution >= 4 is 11.9 Å². The van der Waals surface area contributed by atoms with Gasteiger partial charge in [0.15, 0.2) is 0 Å². The Labute approximate surface area is 171 Å². The van der Waals surface area contributed by atoms with Crippen molar-refractivity contribution in [3.8, 4) is 0 Å². The van der Waals surface area contributed by atoms with Crippen molar-refractivity contribution in [3.05, 3.63) is 10.1 Å². The summed E-state index contributed by atoms with van der Waals surface area (Å²) in [4.78, 5) is 38.5. The molecule has 1 amide bonds. The second-order valence-electron chi connectivity index (χ2n) is 8.90. The van der Waals surface area contributed by atoms with E-state index in [0.717, 1.165) is 52.0 Å². The fourth-order valence-corrected chi connectivity index (χ4v) is 6.63. The van der Waals surface area contributed by atoms with Gasteiger partial charge >= 0.3 is 5.97 Å². The summed E-state index contributed by atoms with van der Waals surface area (Å²) in [5, 5.41) is 13.5. The molecule has 2 unspecified atom stereocenters. The van der Waals surface area contributed by atoms with Gasteiger partial charge in [-0.25, -0.2) is 0 Å². The molecule has 2 atom stereocenters. The highest BCUT2D eigenvalue weighted by Crippen LogP contribution is 2.47. The lowest BCUT2D eigenvalue weighted by Crippen LogP contribution is -2.51. The Morgan fingerprint density at radius 3 is 2.21 bits per heavy atom. The number of fused-ring (bicyclic) bond motifs is 2. The van der Waals surface area contributed by atoms with Crippen LogP contribution in [0.15, 0.2) is 0 Å².